The van der Waals surface area contributed by atoms with Crippen LogP contribution in [0, 0.1) is 0 Å². The van der Waals surface area contributed by atoms with Gasteiger partial charge in [0.2, 0.25) is 0 Å². The molecule has 0 atom stereocenters. The van der Waals surface area contributed by atoms with Crippen LogP contribution in [0.4, 0.5) is 0 Å². The summed E-state index contributed by atoms with van der Waals surface area (Å²) < 4.78 is 1.67. The van der Waals surface area contributed by atoms with Crippen molar-refractivity contribution in [1.82, 2.24) is 14.7 Å². The Morgan fingerprint density at radius 3 is 2.73 bits per heavy atom. The average Bonchev–Trinajstić information content (AvgIpc) is 2.87. The van der Waals surface area contributed by atoms with Crippen LogP contribution in [0.5, 0.6) is 0 Å². The molecule has 0 aliphatic heterocycles. The number of halogens is 1. The molecule has 2 aromatic rings. The van der Waals surface area contributed by atoms with Crippen LogP contribution in [0.1, 0.15) is 29.8 Å². The lowest BCUT2D eigenvalue weighted by molar-refractivity contribution is 0.0368. The summed E-state index contributed by atoms with van der Waals surface area (Å²) in [5.41, 5.74) is 0.493. The van der Waals surface area contributed by atoms with E-state index >= 15 is 0 Å². The first-order valence-electron chi connectivity index (χ1n) is 7.00. The molecule has 1 N–H and O–H groups in total. The van der Waals surface area contributed by atoms with Crippen LogP contribution in [0.2, 0.25) is 5.02 Å². The minimum Gasteiger partial charge on any atom is -0.389 e. The van der Waals surface area contributed by atoms with Crippen molar-refractivity contribution in [3.63, 3.8) is 0 Å². The van der Waals surface area contributed by atoms with E-state index in [0.29, 0.717) is 17.1 Å². The van der Waals surface area contributed by atoms with Gasteiger partial charge in [0.15, 0.2) is 0 Å². The maximum atomic E-state index is 12.3. The van der Waals surface area contributed by atoms with Crippen LogP contribution in [0.25, 0.3) is 0 Å². The Hall–Kier alpha value is -1.85. The maximum Gasteiger partial charge on any atom is 0.256 e. The van der Waals surface area contributed by atoms with Gasteiger partial charge >= 0.3 is 0 Å². The fourth-order valence-corrected chi connectivity index (χ4v) is 2.43. The second kappa shape index (κ2) is 6.50. The lowest BCUT2D eigenvalue weighted by Crippen LogP contribution is -2.39. The third-order valence-electron chi connectivity index (χ3n) is 3.14. The molecule has 1 aromatic carbocycles. The van der Waals surface area contributed by atoms with Crippen molar-refractivity contribution < 1.29 is 9.90 Å². The molecule has 0 radical (unpaired) electrons. The van der Waals surface area contributed by atoms with Crippen molar-refractivity contribution in [2.75, 3.05) is 13.6 Å². The van der Waals surface area contributed by atoms with E-state index in [9.17, 15) is 9.90 Å². The van der Waals surface area contributed by atoms with E-state index in [1.165, 1.54) is 11.1 Å². The molecule has 6 heteroatoms. The number of hydrogen-bond acceptors (Lipinski definition) is 3. The largest absolute Gasteiger partial charge is 0.389 e. The molecule has 2 rings (SSSR count). The molecule has 0 saturated carbocycles. The molecule has 1 aromatic heterocycles. The molecule has 0 spiro atoms. The SMILES string of the molecule is CN(CC(C)(C)O)C(=O)c1cnn(Cc2ccccc2Cl)c1. The molecule has 0 bridgehead atoms. The predicted octanol–water partition coefficient (Wildman–Crippen LogP) is 2.43. The topological polar surface area (TPSA) is 58.4 Å². The van der Waals surface area contributed by atoms with Gasteiger partial charge in [-0.15, -0.1) is 0 Å². The number of carbonyl (C=O) groups is 1. The Bertz CT molecular complexity index is 661. The van der Waals surface area contributed by atoms with Gasteiger partial charge in [-0.2, -0.15) is 5.10 Å². The van der Waals surface area contributed by atoms with Crippen LogP contribution in [0.3, 0.4) is 0 Å². The Morgan fingerprint density at radius 1 is 1.41 bits per heavy atom. The summed E-state index contributed by atoms with van der Waals surface area (Å²) in [6, 6.07) is 7.53. The maximum absolute atomic E-state index is 12.3. The van der Waals surface area contributed by atoms with Crippen LogP contribution in [0.15, 0.2) is 36.7 Å². The standard InChI is InChI=1S/C16H20ClN3O2/c1-16(2,22)11-19(3)15(21)13-8-18-20(10-13)9-12-6-4-5-7-14(12)17/h4-8,10,22H,9,11H2,1-3H3. The summed E-state index contributed by atoms with van der Waals surface area (Å²) >= 11 is 6.12. The summed E-state index contributed by atoms with van der Waals surface area (Å²) in [5.74, 6) is -0.174. The van der Waals surface area contributed by atoms with Crippen molar-refractivity contribution in [3.05, 3.63) is 52.8 Å². The van der Waals surface area contributed by atoms with E-state index < -0.39 is 5.60 Å². The minimum atomic E-state index is -0.933. The summed E-state index contributed by atoms with van der Waals surface area (Å²) in [6.45, 7) is 4.08. The molecule has 1 heterocycles. The number of amides is 1. The third-order valence-corrected chi connectivity index (χ3v) is 3.51. The molecule has 0 unspecified atom stereocenters. The first-order valence-corrected chi connectivity index (χ1v) is 7.38. The van der Waals surface area contributed by atoms with Crippen molar-refractivity contribution in [2.24, 2.45) is 0 Å². The Balaban J connectivity index is 2.08. The molecular formula is C16H20ClN3O2. The first kappa shape index (κ1) is 16.5. The van der Waals surface area contributed by atoms with Crippen molar-refractivity contribution in [1.29, 1.82) is 0 Å². The molecule has 0 saturated heterocycles. The molecule has 0 fully saturated rings. The van der Waals surface area contributed by atoms with Crippen LogP contribution >= 0.6 is 11.6 Å². The molecular weight excluding hydrogens is 302 g/mol. The van der Waals surface area contributed by atoms with Gasteiger partial charge in [0.25, 0.3) is 5.91 Å². The van der Waals surface area contributed by atoms with Gasteiger partial charge in [-0.3, -0.25) is 9.48 Å². The lowest BCUT2D eigenvalue weighted by Gasteiger charge is -2.25. The van der Waals surface area contributed by atoms with Gasteiger partial charge in [-0.1, -0.05) is 29.8 Å². The number of rotatable bonds is 5. The van der Waals surface area contributed by atoms with Gasteiger partial charge in [0.1, 0.15) is 0 Å². The highest BCUT2D eigenvalue weighted by Crippen LogP contribution is 2.16. The number of aliphatic hydroxyl groups is 1. The second-order valence-electron chi connectivity index (χ2n) is 5.99. The van der Waals surface area contributed by atoms with Gasteiger partial charge in [-0.25, -0.2) is 0 Å². The monoisotopic (exact) mass is 321 g/mol. The molecule has 0 aliphatic rings. The first-order chi connectivity index (χ1) is 10.3. The number of benzene rings is 1. The fraction of sp³-hybridized carbons (Fsp3) is 0.375. The minimum absolute atomic E-state index is 0.174. The van der Waals surface area contributed by atoms with Gasteiger partial charge in [0, 0.05) is 24.8 Å². The van der Waals surface area contributed by atoms with E-state index in [1.807, 2.05) is 24.3 Å². The molecule has 0 aliphatic carbocycles. The number of nitrogens with zero attached hydrogens (tertiary/aromatic N) is 3. The van der Waals surface area contributed by atoms with Crippen molar-refractivity contribution >= 4 is 17.5 Å². The van der Waals surface area contributed by atoms with Gasteiger partial charge in [0.05, 0.1) is 23.9 Å². The molecule has 5 nitrogen and oxygen atoms in total. The molecule has 118 valence electrons. The van der Waals surface area contributed by atoms with E-state index in [0.717, 1.165) is 5.56 Å². The summed E-state index contributed by atoms with van der Waals surface area (Å²) in [7, 11) is 1.66. The number of likely N-dealkylation sites (N-methyl/N-ethyl adjacent to an activating group) is 1. The highest BCUT2D eigenvalue weighted by molar-refractivity contribution is 6.31. The third kappa shape index (κ3) is 4.32. The average molecular weight is 322 g/mol. The van der Waals surface area contributed by atoms with Gasteiger partial charge < -0.3 is 10.0 Å². The zero-order valence-electron chi connectivity index (χ0n) is 13.0. The number of carbonyl (C=O) groups excluding carboxylic acids is 1. The Kier molecular flexibility index (Phi) is 4.88. The van der Waals surface area contributed by atoms with E-state index in [2.05, 4.69) is 5.10 Å². The Morgan fingerprint density at radius 2 is 2.09 bits per heavy atom. The Labute approximate surface area is 135 Å². The second-order valence-corrected chi connectivity index (χ2v) is 6.40. The number of hydrogen-bond donors (Lipinski definition) is 1. The van der Waals surface area contributed by atoms with Crippen LogP contribution in [-0.4, -0.2) is 44.9 Å². The van der Waals surface area contributed by atoms with Crippen molar-refractivity contribution in [3.8, 4) is 0 Å². The number of aromatic nitrogens is 2. The van der Waals surface area contributed by atoms with E-state index in [1.54, 1.807) is 31.8 Å². The van der Waals surface area contributed by atoms with Crippen LogP contribution in [-0.2, 0) is 6.54 Å². The summed E-state index contributed by atoms with van der Waals surface area (Å²) in [4.78, 5) is 13.8. The fourth-order valence-electron chi connectivity index (χ4n) is 2.23. The smallest absolute Gasteiger partial charge is 0.256 e. The highest BCUT2D eigenvalue weighted by Gasteiger charge is 2.21. The van der Waals surface area contributed by atoms with Crippen LogP contribution < -0.4 is 0 Å². The summed E-state index contributed by atoms with van der Waals surface area (Å²) in [6.07, 6.45) is 3.21. The zero-order valence-corrected chi connectivity index (χ0v) is 13.7. The molecule has 1 amide bonds. The van der Waals surface area contributed by atoms with E-state index in [-0.39, 0.29) is 12.5 Å². The molecule has 22 heavy (non-hydrogen) atoms. The van der Waals surface area contributed by atoms with Crippen molar-refractivity contribution in [2.45, 2.75) is 26.0 Å². The normalized spacial score (nSPS) is 11.5. The summed E-state index contributed by atoms with van der Waals surface area (Å²) in [5, 5.41) is 14.7. The van der Waals surface area contributed by atoms with E-state index in [4.69, 9.17) is 11.6 Å². The lowest BCUT2D eigenvalue weighted by atomic mass is 10.1. The predicted molar refractivity (Wildman–Crippen MR) is 86.0 cm³/mol. The quantitative estimate of drug-likeness (QED) is 0.920. The highest BCUT2D eigenvalue weighted by atomic mass is 35.5. The zero-order chi connectivity index (χ0) is 16.3. The van der Waals surface area contributed by atoms with Gasteiger partial charge in [-0.05, 0) is 25.5 Å².